The molecule has 2 rings (SSSR count). The van der Waals surface area contributed by atoms with Gasteiger partial charge in [-0.1, -0.05) is 11.6 Å². The van der Waals surface area contributed by atoms with Crippen LogP contribution >= 0.6 is 11.6 Å². The molecule has 98 valence electrons. The van der Waals surface area contributed by atoms with E-state index in [0.29, 0.717) is 18.2 Å². The Morgan fingerprint density at radius 1 is 1.22 bits per heavy atom. The first-order chi connectivity index (χ1) is 8.48. The van der Waals surface area contributed by atoms with Crippen LogP contribution in [0.25, 0.3) is 0 Å². The van der Waals surface area contributed by atoms with E-state index in [1.165, 1.54) is 0 Å². The van der Waals surface area contributed by atoms with E-state index in [9.17, 15) is 4.79 Å². The first-order valence-corrected chi connectivity index (χ1v) is 6.24. The van der Waals surface area contributed by atoms with E-state index in [1.807, 2.05) is 20.8 Å². The van der Waals surface area contributed by atoms with Crippen LogP contribution in [0.4, 0.5) is 0 Å². The maximum Gasteiger partial charge on any atom is 0.135 e. The number of carbonyl (C=O) groups is 1. The highest BCUT2D eigenvalue weighted by atomic mass is 35.5. The summed E-state index contributed by atoms with van der Waals surface area (Å²) in [6.45, 7) is 6.64. The summed E-state index contributed by atoms with van der Waals surface area (Å²) in [4.78, 5) is 11.5. The van der Waals surface area contributed by atoms with Crippen LogP contribution in [-0.4, -0.2) is 26.6 Å². The van der Waals surface area contributed by atoms with E-state index in [0.717, 1.165) is 34.3 Å². The summed E-state index contributed by atoms with van der Waals surface area (Å²) in [5.74, 6) is 0.754. The van der Waals surface area contributed by atoms with Crippen molar-refractivity contribution in [3.63, 3.8) is 0 Å². The van der Waals surface area contributed by atoms with Gasteiger partial charge in [-0.2, -0.15) is 0 Å². The molecule has 0 unspecified atom stereocenters. The highest BCUT2D eigenvalue weighted by Crippen LogP contribution is 2.44. The summed E-state index contributed by atoms with van der Waals surface area (Å²) in [7, 11) is 1.62. The summed E-state index contributed by atoms with van der Waals surface area (Å²) in [6, 6.07) is 0. The van der Waals surface area contributed by atoms with Crippen molar-refractivity contribution in [3.05, 3.63) is 27.3 Å². The van der Waals surface area contributed by atoms with Crippen LogP contribution in [-0.2, 0) is 14.9 Å². The lowest BCUT2D eigenvalue weighted by molar-refractivity contribution is -0.130. The minimum atomic E-state index is -0.600. The summed E-state index contributed by atoms with van der Waals surface area (Å²) >= 11 is 6.35. The lowest BCUT2D eigenvalue weighted by atomic mass is 9.76. The average Bonchev–Trinajstić information content (AvgIpc) is 2.32. The second-order valence-electron chi connectivity index (χ2n) is 4.86. The molecule has 0 saturated carbocycles. The average molecular weight is 269 g/mol. The molecule has 0 bridgehead atoms. The monoisotopic (exact) mass is 268 g/mol. The standard InChI is InChI=1S/C14H17ClO3/c1-8-9(2)13(17-4)11(10(3)12(8)15)14(5-16)6-18-7-14/h5H,6-7H2,1-4H3. The van der Waals surface area contributed by atoms with Gasteiger partial charge < -0.3 is 14.3 Å². The molecule has 1 fully saturated rings. The molecule has 1 aliphatic rings. The third-order valence-corrected chi connectivity index (χ3v) is 4.38. The molecule has 0 atom stereocenters. The summed E-state index contributed by atoms with van der Waals surface area (Å²) in [5, 5.41) is 0.705. The Labute approximate surface area is 112 Å². The number of methoxy groups -OCH3 is 1. The summed E-state index contributed by atoms with van der Waals surface area (Å²) < 4.78 is 10.7. The van der Waals surface area contributed by atoms with Crippen LogP contribution in [0.1, 0.15) is 22.3 Å². The zero-order valence-corrected chi connectivity index (χ0v) is 11.9. The van der Waals surface area contributed by atoms with E-state index in [-0.39, 0.29) is 0 Å². The van der Waals surface area contributed by atoms with Crippen LogP contribution in [0.15, 0.2) is 0 Å². The van der Waals surface area contributed by atoms with Crippen molar-refractivity contribution in [1.29, 1.82) is 0 Å². The largest absolute Gasteiger partial charge is 0.496 e. The van der Waals surface area contributed by atoms with Crippen molar-refractivity contribution < 1.29 is 14.3 Å². The zero-order valence-electron chi connectivity index (χ0n) is 11.1. The van der Waals surface area contributed by atoms with Gasteiger partial charge in [-0.15, -0.1) is 0 Å². The van der Waals surface area contributed by atoms with Gasteiger partial charge in [0.2, 0.25) is 0 Å². The van der Waals surface area contributed by atoms with Gasteiger partial charge >= 0.3 is 0 Å². The predicted molar refractivity (Wildman–Crippen MR) is 70.8 cm³/mol. The van der Waals surface area contributed by atoms with Crippen LogP contribution < -0.4 is 4.74 Å². The van der Waals surface area contributed by atoms with Crippen LogP contribution in [0.5, 0.6) is 5.75 Å². The van der Waals surface area contributed by atoms with Gasteiger partial charge in [0, 0.05) is 10.6 Å². The second-order valence-corrected chi connectivity index (χ2v) is 5.24. The number of rotatable bonds is 3. The molecule has 4 heteroatoms. The Morgan fingerprint density at radius 2 is 1.83 bits per heavy atom. The maximum absolute atomic E-state index is 11.5. The van der Waals surface area contributed by atoms with Gasteiger partial charge in [0.05, 0.1) is 20.3 Å². The fourth-order valence-corrected chi connectivity index (χ4v) is 2.77. The number of hydrogen-bond donors (Lipinski definition) is 0. The van der Waals surface area contributed by atoms with E-state index in [4.69, 9.17) is 21.1 Å². The number of carbonyl (C=O) groups excluding carboxylic acids is 1. The first-order valence-electron chi connectivity index (χ1n) is 5.86. The van der Waals surface area contributed by atoms with E-state index in [1.54, 1.807) is 7.11 Å². The molecule has 0 N–H and O–H groups in total. The molecule has 1 aliphatic heterocycles. The molecule has 0 aromatic heterocycles. The molecule has 0 amide bonds. The molecular formula is C14H17ClO3. The van der Waals surface area contributed by atoms with E-state index < -0.39 is 5.41 Å². The number of aldehydes is 1. The highest BCUT2D eigenvalue weighted by molar-refractivity contribution is 6.32. The van der Waals surface area contributed by atoms with Gasteiger partial charge in [-0.25, -0.2) is 0 Å². The van der Waals surface area contributed by atoms with Crippen molar-refractivity contribution in [2.75, 3.05) is 20.3 Å². The van der Waals surface area contributed by atoms with Gasteiger partial charge in [0.1, 0.15) is 17.5 Å². The van der Waals surface area contributed by atoms with Crippen molar-refractivity contribution in [2.45, 2.75) is 26.2 Å². The predicted octanol–water partition coefficient (Wildman–Crippen LogP) is 2.74. The van der Waals surface area contributed by atoms with E-state index >= 15 is 0 Å². The number of benzene rings is 1. The molecule has 1 heterocycles. The Morgan fingerprint density at radius 3 is 2.22 bits per heavy atom. The Balaban J connectivity index is 2.77. The van der Waals surface area contributed by atoms with Gasteiger partial charge in [0.15, 0.2) is 0 Å². The molecule has 1 saturated heterocycles. The zero-order chi connectivity index (χ0) is 13.5. The Kier molecular flexibility index (Phi) is 3.39. The molecule has 0 radical (unpaired) electrons. The number of hydrogen-bond acceptors (Lipinski definition) is 3. The van der Waals surface area contributed by atoms with Crippen molar-refractivity contribution in [1.82, 2.24) is 0 Å². The first kappa shape index (κ1) is 13.4. The molecular weight excluding hydrogens is 252 g/mol. The second kappa shape index (κ2) is 4.56. The summed E-state index contributed by atoms with van der Waals surface area (Å²) in [5.41, 5.74) is 3.16. The lowest BCUT2D eigenvalue weighted by Crippen LogP contribution is -2.49. The molecule has 0 aliphatic carbocycles. The number of ether oxygens (including phenoxy) is 2. The molecule has 3 nitrogen and oxygen atoms in total. The molecule has 18 heavy (non-hydrogen) atoms. The Bertz CT molecular complexity index is 504. The fraction of sp³-hybridized carbons (Fsp3) is 0.500. The van der Waals surface area contributed by atoms with Crippen LogP contribution in [0.3, 0.4) is 0 Å². The smallest absolute Gasteiger partial charge is 0.135 e. The third kappa shape index (κ3) is 1.65. The topological polar surface area (TPSA) is 35.5 Å². The van der Waals surface area contributed by atoms with E-state index in [2.05, 4.69) is 0 Å². The SMILES string of the molecule is COc1c(C)c(C)c(Cl)c(C)c1C1(C=O)COC1. The lowest BCUT2D eigenvalue weighted by Gasteiger charge is -2.39. The Hall–Kier alpha value is -1.06. The van der Waals surface area contributed by atoms with Gasteiger partial charge in [-0.05, 0) is 37.5 Å². The highest BCUT2D eigenvalue weighted by Gasteiger charge is 2.44. The summed E-state index contributed by atoms with van der Waals surface area (Å²) in [6.07, 6.45) is 0.951. The number of halogens is 1. The maximum atomic E-state index is 11.5. The van der Waals surface area contributed by atoms with Crippen molar-refractivity contribution >= 4 is 17.9 Å². The minimum absolute atomic E-state index is 0.395. The minimum Gasteiger partial charge on any atom is -0.496 e. The quantitative estimate of drug-likeness (QED) is 0.791. The van der Waals surface area contributed by atoms with Crippen molar-refractivity contribution in [3.8, 4) is 5.75 Å². The molecule has 1 aromatic rings. The van der Waals surface area contributed by atoms with Gasteiger partial charge in [-0.3, -0.25) is 0 Å². The molecule has 1 aromatic carbocycles. The van der Waals surface area contributed by atoms with Gasteiger partial charge in [0.25, 0.3) is 0 Å². The normalized spacial score (nSPS) is 17.2. The van der Waals surface area contributed by atoms with Crippen LogP contribution in [0, 0.1) is 20.8 Å². The third-order valence-electron chi connectivity index (χ3n) is 3.81. The fourth-order valence-electron chi connectivity index (χ4n) is 2.53. The molecule has 0 spiro atoms. The van der Waals surface area contributed by atoms with Crippen LogP contribution in [0.2, 0.25) is 5.02 Å². The van der Waals surface area contributed by atoms with Crippen molar-refractivity contribution in [2.24, 2.45) is 0 Å².